The second-order valence-corrected chi connectivity index (χ2v) is 7.96. The number of aromatic nitrogens is 4. The molecular weight excluding hydrogens is 392 g/mol. The first kappa shape index (κ1) is 19.4. The van der Waals surface area contributed by atoms with E-state index in [2.05, 4.69) is 4.98 Å². The molecule has 1 saturated carbocycles. The average molecular weight is 416 g/mol. The SMILES string of the molecule is COc1ccc(Cn2cnc3c2c(=O)n(C2CCCC2)c(=O)n3-c2ccccc2)cc1. The second-order valence-electron chi connectivity index (χ2n) is 7.96. The lowest BCUT2D eigenvalue weighted by atomic mass is 10.2. The first-order chi connectivity index (χ1) is 15.2. The summed E-state index contributed by atoms with van der Waals surface area (Å²) in [5, 5.41) is 0. The van der Waals surface area contributed by atoms with Crippen LogP contribution in [0, 0.1) is 0 Å². The van der Waals surface area contributed by atoms with E-state index < -0.39 is 0 Å². The predicted molar refractivity (Wildman–Crippen MR) is 119 cm³/mol. The van der Waals surface area contributed by atoms with Crippen molar-refractivity contribution in [3.05, 3.63) is 87.3 Å². The van der Waals surface area contributed by atoms with Crippen LogP contribution < -0.4 is 16.0 Å². The minimum absolute atomic E-state index is 0.0660. The third-order valence-corrected chi connectivity index (χ3v) is 6.07. The van der Waals surface area contributed by atoms with Gasteiger partial charge in [-0.15, -0.1) is 0 Å². The van der Waals surface area contributed by atoms with Gasteiger partial charge in [-0.3, -0.25) is 9.36 Å². The molecule has 0 amide bonds. The molecule has 2 aromatic heterocycles. The van der Waals surface area contributed by atoms with Gasteiger partial charge in [-0.25, -0.2) is 14.3 Å². The van der Waals surface area contributed by atoms with Crippen molar-refractivity contribution in [3.8, 4) is 11.4 Å². The van der Waals surface area contributed by atoms with Crippen LogP contribution in [0.4, 0.5) is 0 Å². The van der Waals surface area contributed by atoms with E-state index in [9.17, 15) is 9.59 Å². The fraction of sp³-hybridized carbons (Fsp3) is 0.292. The highest BCUT2D eigenvalue weighted by Gasteiger charge is 2.26. The van der Waals surface area contributed by atoms with Crippen LogP contribution in [0.2, 0.25) is 0 Å². The van der Waals surface area contributed by atoms with E-state index >= 15 is 0 Å². The van der Waals surface area contributed by atoms with Crippen LogP contribution >= 0.6 is 0 Å². The molecule has 1 fully saturated rings. The van der Waals surface area contributed by atoms with Crippen molar-refractivity contribution >= 4 is 11.2 Å². The number of rotatable bonds is 5. The highest BCUT2D eigenvalue weighted by atomic mass is 16.5. The van der Waals surface area contributed by atoms with E-state index in [0.29, 0.717) is 23.4 Å². The Morgan fingerprint density at radius 3 is 2.39 bits per heavy atom. The molecule has 31 heavy (non-hydrogen) atoms. The molecule has 0 aliphatic heterocycles. The Morgan fingerprint density at radius 1 is 1.00 bits per heavy atom. The van der Waals surface area contributed by atoms with E-state index in [0.717, 1.165) is 37.0 Å². The maximum absolute atomic E-state index is 13.6. The van der Waals surface area contributed by atoms with Gasteiger partial charge in [-0.2, -0.15) is 0 Å². The number of fused-ring (bicyclic) bond motifs is 1. The van der Waals surface area contributed by atoms with Crippen LogP contribution in [0.15, 0.2) is 70.5 Å². The minimum atomic E-state index is -0.315. The van der Waals surface area contributed by atoms with Crippen molar-refractivity contribution in [1.29, 1.82) is 0 Å². The molecule has 0 spiro atoms. The number of nitrogens with zero attached hydrogens (tertiary/aromatic N) is 4. The molecule has 2 heterocycles. The number of ether oxygens (including phenoxy) is 1. The Hall–Kier alpha value is -3.61. The van der Waals surface area contributed by atoms with E-state index in [-0.39, 0.29) is 17.3 Å². The normalized spacial score (nSPS) is 14.4. The van der Waals surface area contributed by atoms with Crippen molar-refractivity contribution in [3.63, 3.8) is 0 Å². The summed E-state index contributed by atoms with van der Waals surface area (Å²) in [4.78, 5) is 31.6. The molecule has 0 atom stereocenters. The van der Waals surface area contributed by atoms with Crippen LogP contribution in [-0.4, -0.2) is 25.8 Å². The molecule has 7 heteroatoms. The van der Waals surface area contributed by atoms with Crippen LogP contribution in [-0.2, 0) is 6.54 Å². The third kappa shape index (κ3) is 3.36. The van der Waals surface area contributed by atoms with E-state index in [1.165, 1.54) is 4.57 Å². The lowest BCUT2D eigenvalue weighted by Crippen LogP contribution is -2.41. The lowest BCUT2D eigenvalue weighted by molar-refractivity contribution is 0.414. The monoisotopic (exact) mass is 416 g/mol. The Balaban J connectivity index is 1.73. The number of hydrogen-bond acceptors (Lipinski definition) is 4. The molecule has 5 rings (SSSR count). The summed E-state index contributed by atoms with van der Waals surface area (Å²) in [5.74, 6) is 0.778. The highest BCUT2D eigenvalue weighted by Crippen LogP contribution is 2.28. The molecule has 0 radical (unpaired) electrons. The predicted octanol–water partition coefficient (Wildman–Crippen LogP) is 3.52. The smallest absolute Gasteiger partial charge is 0.337 e. The van der Waals surface area contributed by atoms with Gasteiger partial charge in [-0.1, -0.05) is 43.2 Å². The van der Waals surface area contributed by atoms with Crippen LogP contribution in [0.25, 0.3) is 16.9 Å². The van der Waals surface area contributed by atoms with Gasteiger partial charge in [0.15, 0.2) is 11.2 Å². The highest BCUT2D eigenvalue weighted by molar-refractivity contribution is 5.72. The molecule has 7 nitrogen and oxygen atoms in total. The maximum atomic E-state index is 13.6. The van der Waals surface area contributed by atoms with Crippen LogP contribution in [0.5, 0.6) is 5.75 Å². The number of para-hydroxylation sites is 1. The maximum Gasteiger partial charge on any atom is 0.337 e. The lowest BCUT2D eigenvalue weighted by Gasteiger charge is -2.17. The van der Waals surface area contributed by atoms with Gasteiger partial charge in [0.1, 0.15) is 5.75 Å². The second kappa shape index (κ2) is 7.91. The van der Waals surface area contributed by atoms with Gasteiger partial charge >= 0.3 is 5.69 Å². The molecule has 0 bridgehead atoms. The van der Waals surface area contributed by atoms with Crippen molar-refractivity contribution < 1.29 is 4.74 Å². The number of imidazole rings is 1. The van der Waals surface area contributed by atoms with E-state index in [1.807, 2.05) is 59.2 Å². The fourth-order valence-electron chi connectivity index (χ4n) is 4.49. The summed E-state index contributed by atoms with van der Waals surface area (Å²) in [5.41, 5.74) is 1.99. The third-order valence-electron chi connectivity index (χ3n) is 6.07. The van der Waals surface area contributed by atoms with Crippen LogP contribution in [0.1, 0.15) is 37.3 Å². The largest absolute Gasteiger partial charge is 0.497 e. The Kier molecular flexibility index (Phi) is 4.94. The molecule has 0 N–H and O–H groups in total. The van der Waals surface area contributed by atoms with Gasteiger partial charge in [0.2, 0.25) is 0 Å². The van der Waals surface area contributed by atoms with Gasteiger partial charge in [0.05, 0.1) is 19.1 Å². The molecule has 0 unspecified atom stereocenters. The summed E-state index contributed by atoms with van der Waals surface area (Å²) < 4.78 is 10.1. The molecular formula is C24H24N4O3. The van der Waals surface area contributed by atoms with E-state index in [4.69, 9.17) is 4.74 Å². The Bertz CT molecular complexity index is 1330. The zero-order valence-electron chi connectivity index (χ0n) is 17.4. The summed E-state index contributed by atoms with van der Waals surface area (Å²) >= 11 is 0. The molecule has 1 aliphatic carbocycles. The molecule has 2 aromatic carbocycles. The topological polar surface area (TPSA) is 71.1 Å². The van der Waals surface area contributed by atoms with Crippen molar-refractivity contribution in [2.45, 2.75) is 38.3 Å². The molecule has 4 aromatic rings. The first-order valence-corrected chi connectivity index (χ1v) is 10.6. The average Bonchev–Trinajstić information content (AvgIpc) is 3.46. The van der Waals surface area contributed by atoms with Crippen molar-refractivity contribution in [2.24, 2.45) is 0 Å². The number of methoxy groups -OCH3 is 1. The van der Waals surface area contributed by atoms with Gasteiger partial charge < -0.3 is 9.30 Å². The number of hydrogen-bond donors (Lipinski definition) is 0. The summed E-state index contributed by atoms with van der Waals surface area (Å²) in [6, 6.07) is 17.1. The van der Waals surface area contributed by atoms with Crippen molar-refractivity contribution in [2.75, 3.05) is 7.11 Å². The molecule has 0 saturated heterocycles. The van der Waals surface area contributed by atoms with E-state index in [1.54, 1.807) is 18.0 Å². The Morgan fingerprint density at radius 2 is 1.71 bits per heavy atom. The molecule has 158 valence electrons. The number of benzene rings is 2. The van der Waals surface area contributed by atoms with Gasteiger partial charge in [-0.05, 0) is 42.7 Å². The van der Waals surface area contributed by atoms with Gasteiger partial charge in [0, 0.05) is 12.6 Å². The quantitative estimate of drug-likeness (QED) is 0.499. The van der Waals surface area contributed by atoms with Gasteiger partial charge in [0.25, 0.3) is 5.56 Å². The fourth-order valence-corrected chi connectivity index (χ4v) is 4.49. The zero-order valence-corrected chi connectivity index (χ0v) is 17.4. The minimum Gasteiger partial charge on any atom is -0.497 e. The van der Waals surface area contributed by atoms with Crippen LogP contribution in [0.3, 0.4) is 0 Å². The standard InChI is InChI=1S/C24H24N4O3/c1-31-20-13-11-17(12-14-20)15-26-16-25-22-21(26)23(29)28(19-9-5-6-10-19)24(30)27(22)18-7-3-2-4-8-18/h2-4,7-8,11-14,16,19H,5-6,9-10,15H2,1H3. The van der Waals surface area contributed by atoms with Crippen molar-refractivity contribution in [1.82, 2.24) is 18.7 Å². The summed E-state index contributed by atoms with van der Waals surface area (Å²) in [7, 11) is 1.63. The first-order valence-electron chi connectivity index (χ1n) is 10.6. The Labute approximate surface area is 179 Å². The summed E-state index contributed by atoms with van der Waals surface area (Å²) in [6.45, 7) is 0.480. The summed E-state index contributed by atoms with van der Waals surface area (Å²) in [6.07, 6.45) is 5.41. The molecule has 1 aliphatic rings. The zero-order chi connectivity index (χ0) is 21.4.